The van der Waals surface area contributed by atoms with Gasteiger partial charge in [0.2, 0.25) is 0 Å². The van der Waals surface area contributed by atoms with Gasteiger partial charge in [-0.3, -0.25) is 4.79 Å². The minimum absolute atomic E-state index is 0.256. The van der Waals surface area contributed by atoms with E-state index in [4.69, 9.17) is 18.0 Å². The zero-order chi connectivity index (χ0) is 13.7. The quantitative estimate of drug-likeness (QED) is 0.525. The maximum absolute atomic E-state index is 11.0. The normalized spacial score (nSPS) is 13.7. The number of hydrogen-bond donors (Lipinski definition) is 3. The van der Waals surface area contributed by atoms with Crippen molar-refractivity contribution < 1.29 is 19.7 Å². The molecule has 0 aliphatic heterocycles. The molecule has 18 heavy (non-hydrogen) atoms. The van der Waals surface area contributed by atoms with E-state index < -0.39 is 18.2 Å². The topological polar surface area (TPSA) is 92.8 Å². The Morgan fingerprint density at radius 3 is 2.39 bits per heavy atom. The lowest BCUT2D eigenvalue weighted by molar-refractivity contribution is -0.144. The van der Waals surface area contributed by atoms with E-state index in [-0.39, 0.29) is 11.4 Å². The van der Waals surface area contributed by atoms with Crippen LogP contribution in [0.3, 0.4) is 0 Å². The van der Waals surface area contributed by atoms with Crippen LogP contribution in [0.25, 0.3) is 0 Å². The Bertz CT molecular complexity index is 432. The molecular weight excluding hydrogens is 254 g/mol. The molecule has 0 saturated heterocycles. The van der Waals surface area contributed by atoms with Crippen LogP contribution in [-0.4, -0.2) is 34.4 Å². The molecule has 0 radical (unpaired) electrons. The summed E-state index contributed by atoms with van der Waals surface area (Å²) in [5, 5.41) is 19.5. The molecule has 4 N–H and O–H groups in total. The van der Waals surface area contributed by atoms with Crippen molar-refractivity contribution >= 4 is 23.2 Å². The van der Waals surface area contributed by atoms with Crippen LogP contribution >= 0.6 is 12.2 Å². The first-order valence-electron chi connectivity index (χ1n) is 5.28. The van der Waals surface area contributed by atoms with Gasteiger partial charge >= 0.3 is 5.97 Å². The predicted molar refractivity (Wildman–Crippen MR) is 69.9 cm³/mol. The van der Waals surface area contributed by atoms with E-state index in [1.165, 1.54) is 7.11 Å². The van der Waals surface area contributed by atoms with Gasteiger partial charge in [-0.15, -0.1) is 0 Å². The van der Waals surface area contributed by atoms with Gasteiger partial charge in [-0.1, -0.05) is 36.5 Å². The molecule has 0 aliphatic carbocycles. The molecule has 0 amide bonds. The molecule has 0 spiro atoms. The van der Waals surface area contributed by atoms with E-state index in [1.807, 2.05) is 0 Å². The van der Waals surface area contributed by atoms with E-state index in [0.29, 0.717) is 11.1 Å². The number of benzene rings is 1. The van der Waals surface area contributed by atoms with Gasteiger partial charge in [0.25, 0.3) is 0 Å². The zero-order valence-corrected chi connectivity index (χ0v) is 10.7. The Labute approximate surface area is 110 Å². The number of methoxy groups -OCH3 is 1. The molecular formula is C12H15NO4S. The average Bonchev–Trinajstić information content (AvgIpc) is 2.37. The van der Waals surface area contributed by atoms with Gasteiger partial charge in [0.15, 0.2) is 0 Å². The summed E-state index contributed by atoms with van der Waals surface area (Å²) in [7, 11) is 1.22. The fourth-order valence-electron chi connectivity index (χ4n) is 1.43. The Morgan fingerprint density at radius 2 is 1.94 bits per heavy atom. The van der Waals surface area contributed by atoms with Crippen LogP contribution < -0.4 is 5.73 Å². The van der Waals surface area contributed by atoms with E-state index >= 15 is 0 Å². The fraction of sp³-hybridized carbons (Fsp3) is 0.333. The Morgan fingerprint density at radius 1 is 1.39 bits per heavy atom. The number of thiocarbonyl (C=S) groups is 1. The summed E-state index contributed by atoms with van der Waals surface area (Å²) in [4.78, 5) is 11.2. The highest BCUT2D eigenvalue weighted by molar-refractivity contribution is 7.80. The molecule has 1 rings (SSSR count). The zero-order valence-electron chi connectivity index (χ0n) is 9.87. The number of carbonyl (C=O) groups is 1. The molecule has 0 saturated carbocycles. The van der Waals surface area contributed by atoms with Crippen molar-refractivity contribution in [2.75, 3.05) is 7.11 Å². The average molecular weight is 269 g/mol. The van der Waals surface area contributed by atoms with E-state index in [2.05, 4.69) is 4.74 Å². The van der Waals surface area contributed by atoms with Crippen LogP contribution in [0.5, 0.6) is 0 Å². The van der Waals surface area contributed by atoms with Gasteiger partial charge in [0, 0.05) is 5.56 Å². The molecule has 0 heterocycles. The lowest BCUT2D eigenvalue weighted by atomic mass is 10.0. The van der Waals surface area contributed by atoms with E-state index in [9.17, 15) is 15.0 Å². The fourth-order valence-corrected chi connectivity index (χ4v) is 1.57. The summed E-state index contributed by atoms with van der Waals surface area (Å²) in [6.07, 6.45) is -2.65. The molecule has 6 heteroatoms. The number of ether oxygens (including phenoxy) is 1. The first kappa shape index (κ1) is 14.6. The van der Waals surface area contributed by atoms with Crippen molar-refractivity contribution in [3.63, 3.8) is 0 Å². The molecule has 0 fully saturated rings. The SMILES string of the molecule is COC(=O)CC(O)C(O)c1ccc(C(N)=S)cc1. The standard InChI is InChI=1S/C12H15NO4S/c1-17-10(15)6-9(14)11(16)7-2-4-8(5-3-7)12(13)18/h2-5,9,11,14,16H,6H2,1H3,(H2,13,18). The van der Waals surface area contributed by atoms with Crippen LogP contribution in [0.2, 0.25) is 0 Å². The van der Waals surface area contributed by atoms with Crippen molar-refractivity contribution in [1.29, 1.82) is 0 Å². The van der Waals surface area contributed by atoms with Crippen LogP contribution in [0.4, 0.5) is 0 Å². The highest BCUT2D eigenvalue weighted by atomic mass is 32.1. The molecule has 1 aromatic rings. The predicted octanol–water partition coefficient (Wildman–Crippen LogP) is 0.278. The maximum Gasteiger partial charge on any atom is 0.308 e. The summed E-state index contributed by atoms with van der Waals surface area (Å²) in [6, 6.07) is 6.48. The number of carbonyl (C=O) groups excluding carboxylic acids is 1. The summed E-state index contributed by atoms with van der Waals surface area (Å²) < 4.78 is 4.41. The summed E-state index contributed by atoms with van der Waals surface area (Å²) >= 11 is 4.80. The number of hydrogen-bond acceptors (Lipinski definition) is 5. The Hall–Kier alpha value is -1.50. The third-order valence-corrected chi connectivity index (χ3v) is 2.74. The largest absolute Gasteiger partial charge is 0.469 e. The monoisotopic (exact) mass is 269 g/mol. The second kappa shape index (κ2) is 6.44. The molecule has 98 valence electrons. The van der Waals surface area contributed by atoms with Crippen LogP contribution in [-0.2, 0) is 9.53 Å². The van der Waals surface area contributed by atoms with Crippen molar-refractivity contribution in [1.82, 2.24) is 0 Å². The van der Waals surface area contributed by atoms with Crippen LogP contribution in [0, 0.1) is 0 Å². The minimum atomic E-state index is -1.21. The molecule has 0 bridgehead atoms. The van der Waals surface area contributed by atoms with Gasteiger partial charge in [-0.05, 0) is 5.56 Å². The highest BCUT2D eigenvalue weighted by Crippen LogP contribution is 2.19. The molecule has 5 nitrogen and oxygen atoms in total. The van der Waals surface area contributed by atoms with Gasteiger partial charge < -0.3 is 20.7 Å². The van der Waals surface area contributed by atoms with Crippen molar-refractivity contribution in [2.24, 2.45) is 5.73 Å². The van der Waals surface area contributed by atoms with Gasteiger partial charge in [0.05, 0.1) is 19.6 Å². The van der Waals surface area contributed by atoms with Crippen molar-refractivity contribution in [3.05, 3.63) is 35.4 Å². The number of aliphatic hydroxyl groups is 2. The van der Waals surface area contributed by atoms with Crippen molar-refractivity contribution in [2.45, 2.75) is 18.6 Å². The van der Waals surface area contributed by atoms with Crippen LogP contribution in [0.1, 0.15) is 23.7 Å². The summed E-state index contributed by atoms with van der Waals surface area (Å²) in [5.74, 6) is -0.582. The third-order valence-electron chi connectivity index (χ3n) is 2.50. The lowest BCUT2D eigenvalue weighted by Gasteiger charge is -2.17. The summed E-state index contributed by atoms with van der Waals surface area (Å²) in [6.45, 7) is 0. The highest BCUT2D eigenvalue weighted by Gasteiger charge is 2.21. The third kappa shape index (κ3) is 3.76. The Kier molecular flexibility index (Phi) is 5.21. The first-order chi connectivity index (χ1) is 8.45. The molecule has 0 aliphatic rings. The lowest BCUT2D eigenvalue weighted by Crippen LogP contribution is -2.22. The Balaban J connectivity index is 2.74. The minimum Gasteiger partial charge on any atom is -0.469 e. The molecule has 0 aromatic heterocycles. The van der Waals surface area contributed by atoms with Crippen LogP contribution in [0.15, 0.2) is 24.3 Å². The smallest absolute Gasteiger partial charge is 0.308 e. The second-order valence-corrected chi connectivity index (χ2v) is 4.22. The molecule has 2 unspecified atom stereocenters. The van der Waals surface area contributed by atoms with Crippen molar-refractivity contribution in [3.8, 4) is 0 Å². The summed E-state index contributed by atoms with van der Waals surface area (Å²) in [5.41, 5.74) is 6.59. The molecule has 1 aromatic carbocycles. The number of nitrogens with two attached hydrogens (primary N) is 1. The second-order valence-electron chi connectivity index (χ2n) is 3.78. The van der Waals surface area contributed by atoms with Gasteiger partial charge in [-0.2, -0.15) is 0 Å². The van der Waals surface area contributed by atoms with Gasteiger partial charge in [-0.25, -0.2) is 0 Å². The maximum atomic E-state index is 11.0. The number of esters is 1. The first-order valence-corrected chi connectivity index (χ1v) is 5.69. The molecule has 2 atom stereocenters. The van der Waals surface area contributed by atoms with E-state index in [1.54, 1.807) is 24.3 Å². The number of aliphatic hydroxyl groups excluding tert-OH is 2. The van der Waals surface area contributed by atoms with Gasteiger partial charge in [0.1, 0.15) is 11.1 Å². The number of rotatable bonds is 5. The van der Waals surface area contributed by atoms with E-state index in [0.717, 1.165) is 0 Å².